The molecule has 1 aromatic rings. The number of nitrogens with one attached hydrogen (secondary N) is 1. The number of halogens is 1. The maximum atomic E-state index is 12.2. The molecule has 1 aromatic heterocycles. The van der Waals surface area contributed by atoms with E-state index in [0.29, 0.717) is 35.9 Å². The number of aliphatic hydroxyl groups excluding tert-OH is 1. The van der Waals surface area contributed by atoms with E-state index in [1.54, 1.807) is 4.90 Å². The smallest absolute Gasteiger partial charge is 0.245 e. The summed E-state index contributed by atoms with van der Waals surface area (Å²) < 4.78 is 0. The van der Waals surface area contributed by atoms with Crippen molar-refractivity contribution in [1.82, 2.24) is 9.88 Å². The van der Waals surface area contributed by atoms with Gasteiger partial charge in [-0.05, 0) is 18.9 Å². The largest absolute Gasteiger partial charge is 0.395 e. The van der Waals surface area contributed by atoms with Gasteiger partial charge in [-0.15, -0.1) is 0 Å². The van der Waals surface area contributed by atoms with Gasteiger partial charge in [-0.3, -0.25) is 4.79 Å². The predicted molar refractivity (Wildman–Crippen MR) is 74.3 cm³/mol. The molecule has 0 radical (unpaired) electrons. The Kier molecular flexibility index (Phi) is 4.77. The average Bonchev–Trinajstić information content (AvgIpc) is 2.45. The first kappa shape index (κ1) is 14.6. The summed E-state index contributed by atoms with van der Waals surface area (Å²) in [6.07, 6.45) is 2.96. The summed E-state index contributed by atoms with van der Waals surface area (Å²) in [5.74, 6) is 0.336. The molecule has 1 aliphatic rings. The Labute approximate surface area is 122 Å². The molecule has 1 fully saturated rings. The molecular formula is C13H15ClN4O2. The van der Waals surface area contributed by atoms with Crippen molar-refractivity contribution in [3.05, 3.63) is 22.8 Å². The number of pyridine rings is 1. The van der Waals surface area contributed by atoms with Crippen molar-refractivity contribution in [1.29, 1.82) is 5.26 Å². The number of β-amino-alcohol motifs (C(OH)–C–C–N with tert-alkyl or cyclic N) is 1. The zero-order valence-electron chi connectivity index (χ0n) is 10.8. The quantitative estimate of drug-likeness (QED) is 0.865. The number of likely N-dealkylation sites (tertiary alicyclic amines) is 1. The van der Waals surface area contributed by atoms with Gasteiger partial charge in [0, 0.05) is 19.3 Å². The summed E-state index contributed by atoms with van der Waals surface area (Å²) in [7, 11) is 0. The highest BCUT2D eigenvalue weighted by Crippen LogP contribution is 2.23. The molecular weight excluding hydrogens is 280 g/mol. The van der Waals surface area contributed by atoms with E-state index in [2.05, 4.69) is 10.3 Å². The van der Waals surface area contributed by atoms with Gasteiger partial charge in [-0.2, -0.15) is 5.26 Å². The molecule has 0 aromatic carbocycles. The monoisotopic (exact) mass is 294 g/mol. The molecule has 0 aliphatic carbocycles. The van der Waals surface area contributed by atoms with Crippen molar-refractivity contribution in [2.45, 2.75) is 18.9 Å². The molecule has 2 heterocycles. The molecule has 106 valence electrons. The van der Waals surface area contributed by atoms with E-state index >= 15 is 0 Å². The van der Waals surface area contributed by atoms with E-state index in [1.807, 2.05) is 6.07 Å². The number of rotatable bonds is 4. The molecule has 0 saturated carbocycles. The lowest BCUT2D eigenvalue weighted by atomic mass is 10.0. The normalized spacial score (nSPS) is 18.8. The molecule has 20 heavy (non-hydrogen) atoms. The fourth-order valence-electron chi connectivity index (χ4n) is 2.19. The number of carbonyl (C=O) groups excluding carboxylic acids is 1. The number of aromatic nitrogens is 1. The Balaban J connectivity index is 2.09. The second-order valence-corrected chi connectivity index (χ2v) is 4.96. The SMILES string of the molecule is N#Cc1cnc(N[C@H]2CCCN(CCO)C2=O)c(Cl)c1. The van der Waals surface area contributed by atoms with Gasteiger partial charge < -0.3 is 15.3 Å². The van der Waals surface area contributed by atoms with Crippen LogP contribution in [-0.2, 0) is 4.79 Å². The summed E-state index contributed by atoms with van der Waals surface area (Å²) in [5.41, 5.74) is 0.373. The van der Waals surface area contributed by atoms with Crippen LogP contribution >= 0.6 is 11.6 Å². The van der Waals surface area contributed by atoms with Crippen LogP contribution in [0.4, 0.5) is 5.82 Å². The number of aliphatic hydroxyl groups is 1. The van der Waals surface area contributed by atoms with E-state index in [1.165, 1.54) is 12.3 Å². The molecule has 2 rings (SSSR count). The predicted octanol–water partition coefficient (Wildman–Crippen LogP) is 1.00. The van der Waals surface area contributed by atoms with Gasteiger partial charge in [0.15, 0.2) is 0 Å². The van der Waals surface area contributed by atoms with Gasteiger partial charge in [0.1, 0.15) is 17.9 Å². The molecule has 6 nitrogen and oxygen atoms in total. The standard InChI is InChI=1S/C13H15ClN4O2/c14-10-6-9(7-15)8-16-12(10)17-11-2-1-3-18(4-5-19)13(11)20/h6,8,11,19H,1-5H2,(H,16,17)/t11-/m0/s1. The first-order valence-corrected chi connectivity index (χ1v) is 6.75. The third-order valence-corrected chi connectivity index (χ3v) is 3.47. The van der Waals surface area contributed by atoms with Gasteiger partial charge in [0.2, 0.25) is 5.91 Å². The van der Waals surface area contributed by atoms with Gasteiger partial charge in [-0.25, -0.2) is 4.98 Å². The van der Waals surface area contributed by atoms with E-state index in [9.17, 15) is 4.79 Å². The Morgan fingerprint density at radius 3 is 3.10 bits per heavy atom. The van der Waals surface area contributed by atoms with Crippen LogP contribution in [0.2, 0.25) is 5.02 Å². The lowest BCUT2D eigenvalue weighted by Crippen LogP contribution is -2.48. The van der Waals surface area contributed by atoms with E-state index < -0.39 is 6.04 Å². The fourth-order valence-corrected chi connectivity index (χ4v) is 2.41. The van der Waals surface area contributed by atoms with Crippen molar-refractivity contribution in [2.75, 3.05) is 25.0 Å². The molecule has 1 saturated heterocycles. The van der Waals surface area contributed by atoms with Gasteiger partial charge in [0.25, 0.3) is 0 Å². The number of nitriles is 1. The summed E-state index contributed by atoms with van der Waals surface area (Å²) in [6, 6.07) is 3.07. The number of carbonyl (C=O) groups is 1. The highest BCUT2D eigenvalue weighted by atomic mass is 35.5. The Morgan fingerprint density at radius 1 is 1.65 bits per heavy atom. The lowest BCUT2D eigenvalue weighted by Gasteiger charge is -2.32. The number of amides is 1. The lowest BCUT2D eigenvalue weighted by molar-refractivity contribution is -0.134. The number of nitrogens with zero attached hydrogens (tertiary/aromatic N) is 3. The van der Waals surface area contributed by atoms with Crippen LogP contribution in [0.3, 0.4) is 0 Å². The second-order valence-electron chi connectivity index (χ2n) is 4.55. The third kappa shape index (κ3) is 3.18. The second kappa shape index (κ2) is 6.55. The first-order valence-electron chi connectivity index (χ1n) is 6.37. The molecule has 1 amide bonds. The Hall–Kier alpha value is -1.84. The Bertz CT molecular complexity index is 542. The topological polar surface area (TPSA) is 89.2 Å². The first-order chi connectivity index (χ1) is 9.65. The zero-order chi connectivity index (χ0) is 14.5. The zero-order valence-corrected chi connectivity index (χ0v) is 11.6. The summed E-state index contributed by atoms with van der Waals surface area (Å²) >= 11 is 6.03. The molecule has 0 unspecified atom stereocenters. The highest BCUT2D eigenvalue weighted by molar-refractivity contribution is 6.33. The summed E-state index contributed by atoms with van der Waals surface area (Å²) in [5, 5.41) is 21.0. The van der Waals surface area contributed by atoms with Crippen LogP contribution in [0.1, 0.15) is 18.4 Å². The van der Waals surface area contributed by atoms with Crippen LogP contribution < -0.4 is 5.32 Å². The van der Waals surface area contributed by atoms with Crippen molar-refractivity contribution in [3.8, 4) is 6.07 Å². The van der Waals surface area contributed by atoms with Gasteiger partial charge in [0.05, 0.1) is 17.2 Å². The summed E-state index contributed by atoms with van der Waals surface area (Å²) in [6.45, 7) is 0.950. The molecule has 1 aliphatic heterocycles. The number of hydrogen-bond acceptors (Lipinski definition) is 5. The fraction of sp³-hybridized carbons (Fsp3) is 0.462. The average molecular weight is 295 g/mol. The number of anilines is 1. The third-order valence-electron chi connectivity index (χ3n) is 3.18. The van der Waals surface area contributed by atoms with E-state index in [-0.39, 0.29) is 12.5 Å². The van der Waals surface area contributed by atoms with Crippen molar-refractivity contribution >= 4 is 23.3 Å². The van der Waals surface area contributed by atoms with Gasteiger partial charge in [-0.1, -0.05) is 11.6 Å². The molecule has 2 N–H and O–H groups in total. The minimum atomic E-state index is -0.395. The van der Waals surface area contributed by atoms with Crippen molar-refractivity contribution < 1.29 is 9.90 Å². The minimum absolute atomic E-state index is 0.0473. The molecule has 7 heteroatoms. The van der Waals surface area contributed by atoms with Crippen LogP contribution in [0, 0.1) is 11.3 Å². The van der Waals surface area contributed by atoms with Crippen molar-refractivity contribution in [3.63, 3.8) is 0 Å². The maximum Gasteiger partial charge on any atom is 0.245 e. The minimum Gasteiger partial charge on any atom is -0.395 e. The summed E-state index contributed by atoms with van der Waals surface area (Å²) in [4.78, 5) is 17.9. The van der Waals surface area contributed by atoms with Crippen LogP contribution in [0.25, 0.3) is 0 Å². The Morgan fingerprint density at radius 2 is 2.45 bits per heavy atom. The number of piperidine rings is 1. The molecule has 0 spiro atoms. The van der Waals surface area contributed by atoms with Crippen LogP contribution in [0.15, 0.2) is 12.3 Å². The maximum absolute atomic E-state index is 12.2. The molecule has 0 bridgehead atoms. The number of hydrogen-bond donors (Lipinski definition) is 2. The van der Waals surface area contributed by atoms with Crippen LogP contribution in [0.5, 0.6) is 0 Å². The highest BCUT2D eigenvalue weighted by Gasteiger charge is 2.28. The molecule has 1 atom stereocenters. The van der Waals surface area contributed by atoms with E-state index in [0.717, 1.165) is 6.42 Å². The van der Waals surface area contributed by atoms with Crippen LogP contribution in [-0.4, -0.2) is 46.6 Å². The van der Waals surface area contributed by atoms with Gasteiger partial charge >= 0.3 is 0 Å². The van der Waals surface area contributed by atoms with Crippen molar-refractivity contribution in [2.24, 2.45) is 0 Å². The van der Waals surface area contributed by atoms with E-state index in [4.69, 9.17) is 22.0 Å².